The first-order valence-corrected chi connectivity index (χ1v) is 22.2. The summed E-state index contributed by atoms with van der Waals surface area (Å²) in [6.45, 7) is 0. The molecule has 300 valence electrons. The van der Waals surface area contributed by atoms with Crippen molar-refractivity contribution in [1.29, 1.82) is 0 Å². The summed E-state index contributed by atoms with van der Waals surface area (Å²) in [4.78, 5) is 15.5. The van der Waals surface area contributed by atoms with Gasteiger partial charge in [0.15, 0.2) is 40.5 Å². The van der Waals surface area contributed by atoms with Crippen LogP contribution in [0.5, 0.6) is 23.0 Å². The molecule has 0 unspecified atom stereocenters. The van der Waals surface area contributed by atoms with Crippen LogP contribution in [0.25, 0.3) is 76.6 Å². The van der Waals surface area contributed by atoms with Crippen molar-refractivity contribution in [3.63, 3.8) is 0 Å². The van der Waals surface area contributed by atoms with Crippen molar-refractivity contribution in [2.45, 2.75) is 5.41 Å². The molecule has 0 saturated carbocycles. The first kappa shape index (κ1) is 36.5. The molecule has 2 aliphatic rings. The zero-order valence-electron chi connectivity index (χ0n) is 34.3. The predicted molar refractivity (Wildman–Crippen MR) is 258 cm³/mol. The third kappa shape index (κ3) is 5.52. The quantitative estimate of drug-likeness (QED) is 0.167. The Kier molecular flexibility index (Phi) is 8.23. The second kappa shape index (κ2) is 14.4. The number of nitrogens with zero attached hydrogens (tertiary/aromatic N) is 3. The largest absolute Gasteiger partial charge is 0.449 e. The Morgan fingerprint density at radius 1 is 0.359 bits per heavy atom. The number of hydrogen-bond acceptors (Lipinski definition) is 6. The van der Waals surface area contributed by atoms with E-state index in [-0.39, 0.29) is 0 Å². The molecule has 0 atom stereocenters. The highest BCUT2D eigenvalue weighted by Crippen LogP contribution is 2.63. The topological polar surface area (TPSA) is 57.1 Å². The number of aromatic nitrogens is 3. The molecule has 2 aromatic heterocycles. The van der Waals surface area contributed by atoms with Crippen LogP contribution >= 0.6 is 11.3 Å². The lowest BCUT2D eigenvalue weighted by molar-refractivity contribution is 0.361. The molecule has 9 aromatic carbocycles. The molecular formula is C58H35N3O2S. The van der Waals surface area contributed by atoms with Crippen LogP contribution in [-0.2, 0) is 5.41 Å². The van der Waals surface area contributed by atoms with Gasteiger partial charge in [-0.25, -0.2) is 15.0 Å². The van der Waals surface area contributed by atoms with Gasteiger partial charge in [0.1, 0.15) is 0 Å². The molecule has 5 nitrogen and oxygen atoms in total. The maximum absolute atomic E-state index is 7.10. The van der Waals surface area contributed by atoms with Crippen molar-refractivity contribution in [3.05, 3.63) is 235 Å². The summed E-state index contributed by atoms with van der Waals surface area (Å²) in [5, 5.41) is 2.48. The Morgan fingerprint density at radius 2 is 0.938 bits per heavy atom. The van der Waals surface area contributed by atoms with Gasteiger partial charge in [0, 0.05) is 48.0 Å². The molecule has 0 fully saturated rings. The van der Waals surface area contributed by atoms with Gasteiger partial charge in [-0.3, -0.25) is 0 Å². The Bertz CT molecular complexity index is 3590. The Labute approximate surface area is 373 Å². The van der Waals surface area contributed by atoms with E-state index in [1.54, 1.807) is 11.3 Å². The summed E-state index contributed by atoms with van der Waals surface area (Å²) in [7, 11) is 0. The second-order valence-corrected chi connectivity index (χ2v) is 17.3. The molecule has 1 aliphatic heterocycles. The third-order valence-electron chi connectivity index (χ3n) is 12.7. The summed E-state index contributed by atoms with van der Waals surface area (Å²) >= 11 is 1.78. The second-order valence-electron chi connectivity index (χ2n) is 16.2. The average Bonchev–Trinajstić information content (AvgIpc) is 3.90. The van der Waals surface area contributed by atoms with Crippen LogP contribution in [0.3, 0.4) is 0 Å². The van der Waals surface area contributed by atoms with E-state index in [0.717, 1.165) is 44.5 Å². The van der Waals surface area contributed by atoms with E-state index >= 15 is 0 Å². The Hall–Kier alpha value is -8.19. The predicted octanol–water partition coefficient (Wildman–Crippen LogP) is 15.2. The number of fused-ring (bicyclic) bond motifs is 9. The molecular weight excluding hydrogens is 803 g/mol. The van der Waals surface area contributed by atoms with E-state index < -0.39 is 5.41 Å². The van der Waals surface area contributed by atoms with Gasteiger partial charge in [0.05, 0.1) is 5.41 Å². The minimum atomic E-state index is -0.556. The number of rotatable bonds is 6. The maximum Gasteiger partial charge on any atom is 0.178 e. The van der Waals surface area contributed by atoms with E-state index in [9.17, 15) is 0 Å². The van der Waals surface area contributed by atoms with Gasteiger partial charge in [0.2, 0.25) is 0 Å². The number of para-hydroxylation sites is 1. The highest BCUT2D eigenvalue weighted by molar-refractivity contribution is 7.25. The van der Waals surface area contributed by atoms with Crippen molar-refractivity contribution >= 4 is 31.5 Å². The number of ether oxygens (including phenoxy) is 2. The van der Waals surface area contributed by atoms with Gasteiger partial charge >= 0.3 is 0 Å². The molecule has 0 spiro atoms. The summed E-state index contributed by atoms with van der Waals surface area (Å²) in [5.74, 6) is 4.43. The number of hydrogen-bond donors (Lipinski definition) is 0. The molecule has 13 rings (SSSR count). The van der Waals surface area contributed by atoms with Crippen LogP contribution in [0.4, 0.5) is 0 Å². The number of benzene rings is 9. The minimum Gasteiger partial charge on any atom is -0.449 e. The number of thiophene rings is 1. The average molecular weight is 838 g/mol. The summed E-state index contributed by atoms with van der Waals surface area (Å²) in [5.41, 5.74) is 10.9. The van der Waals surface area contributed by atoms with Crippen LogP contribution in [0.1, 0.15) is 22.3 Å². The van der Waals surface area contributed by atoms with Crippen molar-refractivity contribution in [2.75, 3.05) is 0 Å². The normalized spacial score (nSPS) is 13.1. The highest BCUT2D eigenvalue weighted by atomic mass is 32.1. The Morgan fingerprint density at radius 3 is 1.72 bits per heavy atom. The molecule has 1 aliphatic carbocycles. The molecule has 6 heteroatoms. The van der Waals surface area contributed by atoms with Gasteiger partial charge in [-0.15, -0.1) is 11.3 Å². The van der Waals surface area contributed by atoms with Gasteiger partial charge in [-0.05, 0) is 57.6 Å². The fourth-order valence-corrected chi connectivity index (χ4v) is 11.1. The molecule has 0 N–H and O–H groups in total. The van der Waals surface area contributed by atoms with Crippen LogP contribution in [0.15, 0.2) is 212 Å². The van der Waals surface area contributed by atoms with Crippen LogP contribution in [-0.4, -0.2) is 15.0 Å². The van der Waals surface area contributed by atoms with Crippen LogP contribution < -0.4 is 9.47 Å². The van der Waals surface area contributed by atoms with Gasteiger partial charge in [-0.2, -0.15) is 0 Å². The van der Waals surface area contributed by atoms with E-state index in [2.05, 4.69) is 158 Å². The lowest BCUT2D eigenvalue weighted by Gasteiger charge is -2.34. The van der Waals surface area contributed by atoms with Crippen molar-refractivity contribution in [3.8, 4) is 79.4 Å². The summed E-state index contributed by atoms with van der Waals surface area (Å²) in [6.07, 6.45) is 0. The molecule has 3 heterocycles. The van der Waals surface area contributed by atoms with Gasteiger partial charge < -0.3 is 9.47 Å². The summed E-state index contributed by atoms with van der Waals surface area (Å²) in [6, 6.07) is 74.1. The first-order chi connectivity index (χ1) is 31.7. The van der Waals surface area contributed by atoms with Crippen LogP contribution in [0.2, 0.25) is 0 Å². The zero-order valence-corrected chi connectivity index (χ0v) is 35.1. The monoisotopic (exact) mass is 837 g/mol. The molecule has 0 bridgehead atoms. The lowest BCUT2D eigenvalue weighted by atomic mass is 9.68. The molecule has 64 heavy (non-hydrogen) atoms. The van der Waals surface area contributed by atoms with Crippen LogP contribution in [0, 0.1) is 0 Å². The maximum atomic E-state index is 7.10. The standard InChI is InChI=1S/C58H35N3O2S/c1-4-17-36(18-5-1)55-59-56(37-31-32-42-41-24-13-15-30-50(41)64-51(42)35-37)61-57(60-55)44-25-11-10-23-40(44)43-27-16-29-48-53(43)62-49-34-33-47-52(54(49)63-48)45-26-12-14-28-46(45)58(47,38-19-6-2-7-20-38)39-21-8-3-9-22-39/h1-35H. The Balaban J connectivity index is 0.952. The molecule has 11 aromatic rings. The molecule has 0 saturated heterocycles. The van der Waals surface area contributed by atoms with E-state index in [4.69, 9.17) is 24.4 Å². The SMILES string of the molecule is c1ccc(-c2nc(-c3ccc4c(c3)sc3ccccc34)nc(-c3ccccc3-c3cccc4c3Oc3ccc5c(c3O4)-c3ccccc3C5(c3ccccc3)c3ccccc3)n2)cc1. The van der Waals surface area contributed by atoms with E-state index in [0.29, 0.717) is 40.5 Å². The van der Waals surface area contributed by atoms with Gasteiger partial charge in [-0.1, -0.05) is 188 Å². The zero-order chi connectivity index (χ0) is 42.2. The minimum absolute atomic E-state index is 0.556. The fraction of sp³-hybridized carbons (Fsp3) is 0.0172. The fourth-order valence-electron chi connectivity index (χ4n) is 9.92. The highest BCUT2D eigenvalue weighted by Gasteiger charge is 2.48. The first-order valence-electron chi connectivity index (χ1n) is 21.4. The smallest absolute Gasteiger partial charge is 0.178 e. The van der Waals surface area contributed by atoms with Crippen molar-refractivity contribution in [2.24, 2.45) is 0 Å². The summed E-state index contributed by atoms with van der Waals surface area (Å²) < 4.78 is 16.6. The van der Waals surface area contributed by atoms with Crippen molar-refractivity contribution < 1.29 is 9.47 Å². The third-order valence-corrected chi connectivity index (χ3v) is 13.8. The molecule has 0 amide bonds. The van der Waals surface area contributed by atoms with E-state index in [1.807, 2.05) is 54.6 Å². The van der Waals surface area contributed by atoms with Gasteiger partial charge in [0.25, 0.3) is 0 Å². The van der Waals surface area contributed by atoms with Crippen molar-refractivity contribution in [1.82, 2.24) is 15.0 Å². The van der Waals surface area contributed by atoms with E-state index in [1.165, 1.54) is 36.9 Å². The molecule has 0 radical (unpaired) electrons. The lowest BCUT2D eigenvalue weighted by Crippen LogP contribution is -2.28.